The van der Waals surface area contributed by atoms with Crippen molar-refractivity contribution in [3.05, 3.63) is 53.1 Å². The molecule has 2 aromatic rings. The van der Waals surface area contributed by atoms with Gasteiger partial charge in [0.05, 0.1) is 17.8 Å². The van der Waals surface area contributed by atoms with Crippen LogP contribution in [0.1, 0.15) is 20.3 Å². The van der Waals surface area contributed by atoms with Crippen LogP contribution in [-0.2, 0) is 21.2 Å². The average molecular weight is 551 g/mol. The molecule has 36 heavy (non-hydrogen) atoms. The summed E-state index contributed by atoms with van der Waals surface area (Å²) in [5.41, 5.74) is 8.31. The van der Waals surface area contributed by atoms with Gasteiger partial charge in [0.2, 0.25) is 11.0 Å². The number of benzene rings is 2. The van der Waals surface area contributed by atoms with E-state index in [2.05, 4.69) is 19.5 Å². The first-order chi connectivity index (χ1) is 17.2. The summed E-state index contributed by atoms with van der Waals surface area (Å²) in [4.78, 5) is 23.1. The molecule has 2 aliphatic rings. The monoisotopic (exact) mass is 550 g/mol. The van der Waals surface area contributed by atoms with Crippen molar-refractivity contribution in [3.8, 4) is 0 Å². The number of carbonyl (C=O) groups excluding carboxylic acids is 1. The Balaban J connectivity index is 0.00000380. The molecule has 1 atom stereocenters. The van der Waals surface area contributed by atoms with Crippen molar-refractivity contribution in [2.24, 2.45) is 10.7 Å². The number of aliphatic imine (C=N–C) groups is 1. The zero-order chi connectivity index (χ0) is 25.9. The summed E-state index contributed by atoms with van der Waals surface area (Å²) in [7, 11) is -3.84. The van der Waals surface area contributed by atoms with Gasteiger partial charge in [-0.2, -0.15) is 0 Å². The molecular weight excluding hydrogens is 520 g/mol. The van der Waals surface area contributed by atoms with E-state index >= 15 is 0 Å². The topological polar surface area (TPSA) is 111 Å². The van der Waals surface area contributed by atoms with Crippen molar-refractivity contribution in [3.63, 3.8) is 0 Å². The molecule has 194 valence electrons. The summed E-state index contributed by atoms with van der Waals surface area (Å²) >= 11 is 11.0. The van der Waals surface area contributed by atoms with E-state index < -0.39 is 10.0 Å². The smallest absolute Gasteiger partial charge is 0.263 e. The van der Waals surface area contributed by atoms with Gasteiger partial charge in [-0.25, -0.2) is 13.4 Å². The molecule has 0 aromatic heterocycles. The lowest BCUT2D eigenvalue weighted by molar-refractivity contribution is -0.132. The number of aryl methyl sites for hydroxylation is 1. The number of hydrogen-bond donors (Lipinski definition) is 2. The second-order valence-electron chi connectivity index (χ2n) is 8.86. The maximum absolute atomic E-state index is 13.2. The third-order valence-corrected chi connectivity index (χ3v) is 8.38. The Bertz CT molecular complexity index is 1280. The lowest BCUT2D eigenvalue weighted by Crippen LogP contribution is -2.56. The van der Waals surface area contributed by atoms with Gasteiger partial charge in [0.15, 0.2) is 0 Å². The van der Waals surface area contributed by atoms with Crippen LogP contribution in [0.3, 0.4) is 0 Å². The number of sulfonamides is 1. The number of piperazine rings is 1. The minimum absolute atomic E-state index is 0. The molecule has 0 bridgehead atoms. The van der Waals surface area contributed by atoms with Gasteiger partial charge in [0, 0.05) is 50.0 Å². The molecule has 9 nitrogen and oxygen atoms in total. The molecule has 0 unspecified atom stereocenters. The fraction of sp³-hybridized carbons (Fsp3) is 0.375. The number of fused-ring (bicyclic) bond motifs is 1. The van der Waals surface area contributed by atoms with Gasteiger partial charge in [-0.1, -0.05) is 11.6 Å². The first-order valence-electron chi connectivity index (χ1n) is 11.7. The number of halogens is 1. The lowest BCUT2D eigenvalue weighted by atomic mass is 10.0. The molecule has 1 amide bonds. The van der Waals surface area contributed by atoms with Crippen LogP contribution in [-0.4, -0.2) is 69.4 Å². The first-order valence-corrected chi connectivity index (χ1v) is 13.9. The number of thiocarbonyl (C=S) groups is 1. The van der Waals surface area contributed by atoms with E-state index in [-0.39, 0.29) is 23.4 Å². The first kappa shape index (κ1) is 26.2. The standard InChI is InChI=1S/C24H29ClN6O3S2.H2/c1-17-14-29(20-5-7-21(8-6-20)36(33,34)28-24(35)27-16-26)11-12-31(17)23(32)15-30-10-2-3-18-13-19(25)4-9-22(18)30;/h4-9,13,16-17H,2-3,10-12,14-15H2,1H3,(H3,26,27,28,35);1H/t17-;/m1./s1. The number of carbonyl (C=O) groups is 1. The Morgan fingerprint density at radius 1 is 1.25 bits per heavy atom. The fourth-order valence-electron chi connectivity index (χ4n) is 4.73. The van der Waals surface area contributed by atoms with Crippen molar-refractivity contribution in [2.45, 2.75) is 30.7 Å². The summed E-state index contributed by atoms with van der Waals surface area (Å²) in [6.07, 6.45) is 2.90. The summed E-state index contributed by atoms with van der Waals surface area (Å²) in [6, 6.07) is 12.4. The highest BCUT2D eigenvalue weighted by atomic mass is 35.5. The van der Waals surface area contributed by atoms with E-state index in [0.717, 1.165) is 42.1 Å². The van der Waals surface area contributed by atoms with Gasteiger partial charge in [0.25, 0.3) is 10.0 Å². The van der Waals surface area contributed by atoms with Gasteiger partial charge >= 0.3 is 0 Å². The average Bonchev–Trinajstić information content (AvgIpc) is 2.83. The summed E-state index contributed by atoms with van der Waals surface area (Å²) in [5, 5.41) is 0.491. The van der Waals surface area contributed by atoms with Gasteiger partial charge < -0.3 is 20.4 Å². The van der Waals surface area contributed by atoms with Crippen LogP contribution in [0.15, 0.2) is 52.4 Å². The van der Waals surface area contributed by atoms with Gasteiger partial charge in [-0.15, -0.1) is 0 Å². The van der Waals surface area contributed by atoms with E-state index in [1.54, 1.807) is 12.1 Å². The highest BCUT2D eigenvalue weighted by Gasteiger charge is 2.30. The number of rotatable bonds is 5. The number of anilines is 2. The maximum atomic E-state index is 13.2. The molecule has 4 rings (SSSR count). The Hall–Kier alpha value is -2.89. The summed E-state index contributed by atoms with van der Waals surface area (Å²) in [6.45, 7) is 5.13. The Labute approximate surface area is 223 Å². The minimum atomic E-state index is -3.84. The fourth-order valence-corrected chi connectivity index (χ4v) is 6.21. The number of hydrogen-bond acceptors (Lipinski definition) is 6. The van der Waals surface area contributed by atoms with Crippen molar-refractivity contribution < 1.29 is 14.6 Å². The normalized spacial score (nSPS) is 18.3. The second kappa shape index (κ2) is 11.0. The van der Waals surface area contributed by atoms with Crippen LogP contribution in [0.5, 0.6) is 0 Å². The quantitative estimate of drug-likeness (QED) is 0.334. The van der Waals surface area contributed by atoms with Crippen molar-refractivity contribution >= 4 is 62.6 Å². The van der Waals surface area contributed by atoms with Gasteiger partial charge in [-0.05, 0) is 80.0 Å². The van der Waals surface area contributed by atoms with Gasteiger partial charge in [-0.3, -0.25) is 9.52 Å². The third-order valence-electron chi connectivity index (χ3n) is 6.46. The van der Waals surface area contributed by atoms with E-state index in [1.165, 1.54) is 17.7 Å². The summed E-state index contributed by atoms with van der Waals surface area (Å²) in [5.74, 6) is 0.105. The van der Waals surface area contributed by atoms with Crippen LogP contribution < -0.4 is 20.3 Å². The molecule has 0 saturated carbocycles. The van der Waals surface area contributed by atoms with Crippen LogP contribution in [0, 0.1) is 0 Å². The predicted octanol–water partition coefficient (Wildman–Crippen LogP) is 2.63. The minimum Gasteiger partial charge on any atom is -0.390 e. The van der Waals surface area contributed by atoms with Crippen molar-refractivity contribution in [1.29, 1.82) is 0 Å². The Morgan fingerprint density at radius 3 is 2.69 bits per heavy atom. The molecule has 1 saturated heterocycles. The number of nitrogens with two attached hydrogens (primary N) is 1. The SMILES string of the molecule is C[C@@H]1CN(c2ccc(S(=O)(=O)NC(=S)N=CN)cc2)CCN1C(=O)CN1CCCc2cc(Cl)ccc21.[HH]. The van der Waals surface area contributed by atoms with Crippen LogP contribution in [0.4, 0.5) is 11.4 Å². The van der Waals surface area contributed by atoms with E-state index in [9.17, 15) is 13.2 Å². The summed E-state index contributed by atoms with van der Waals surface area (Å²) < 4.78 is 27.1. The van der Waals surface area contributed by atoms with Crippen LogP contribution in [0.2, 0.25) is 5.02 Å². The molecule has 0 spiro atoms. The van der Waals surface area contributed by atoms with Crippen LogP contribution in [0.25, 0.3) is 0 Å². The predicted molar refractivity (Wildman–Crippen MR) is 150 cm³/mol. The molecule has 2 aromatic carbocycles. The molecular formula is C24H31ClN6O3S2. The van der Waals surface area contributed by atoms with Crippen molar-refractivity contribution in [1.82, 2.24) is 9.62 Å². The molecule has 3 N–H and O–H groups in total. The number of nitrogens with zero attached hydrogens (tertiary/aromatic N) is 4. The van der Waals surface area contributed by atoms with E-state index in [1.807, 2.05) is 30.0 Å². The largest absolute Gasteiger partial charge is 0.390 e. The zero-order valence-electron chi connectivity index (χ0n) is 19.9. The lowest BCUT2D eigenvalue weighted by Gasteiger charge is -2.42. The second-order valence-corrected chi connectivity index (χ2v) is 11.4. The van der Waals surface area contributed by atoms with Gasteiger partial charge in [0.1, 0.15) is 0 Å². The van der Waals surface area contributed by atoms with Crippen LogP contribution >= 0.6 is 23.8 Å². The highest BCUT2D eigenvalue weighted by Crippen LogP contribution is 2.30. The third kappa shape index (κ3) is 5.91. The Kier molecular flexibility index (Phi) is 8.01. The number of nitrogens with one attached hydrogen (secondary N) is 1. The van der Waals surface area contributed by atoms with Crippen molar-refractivity contribution in [2.75, 3.05) is 42.5 Å². The molecule has 0 aliphatic carbocycles. The highest BCUT2D eigenvalue weighted by molar-refractivity contribution is 7.91. The molecule has 0 radical (unpaired) electrons. The number of amides is 1. The Morgan fingerprint density at radius 2 is 2.00 bits per heavy atom. The van der Waals surface area contributed by atoms with E-state index in [4.69, 9.17) is 29.6 Å². The molecule has 2 aliphatic heterocycles. The zero-order valence-corrected chi connectivity index (χ0v) is 22.3. The molecule has 1 fully saturated rings. The maximum Gasteiger partial charge on any atom is 0.263 e. The molecule has 12 heteroatoms. The van der Waals surface area contributed by atoms with E-state index in [0.29, 0.717) is 26.2 Å². The molecule has 2 heterocycles.